The molecular formula is C28H29N3O2. The largest absolute Gasteiger partial charge is 0.489 e. The van der Waals surface area contributed by atoms with Crippen LogP contribution in [-0.2, 0) is 25.9 Å². The van der Waals surface area contributed by atoms with Crippen LogP contribution < -0.4 is 10.1 Å². The van der Waals surface area contributed by atoms with Gasteiger partial charge in [0.1, 0.15) is 12.4 Å². The zero-order chi connectivity index (χ0) is 22.7. The number of amides is 1. The van der Waals surface area contributed by atoms with Crippen molar-refractivity contribution in [1.29, 1.82) is 0 Å². The van der Waals surface area contributed by atoms with E-state index in [1.54, 1.807) is 12.5 Å². The number of hydrogen-bond donors (Lipinski definition) is 2. The van der Waals surface area contributed by atoms with Crippen LogP contribution in [0.2, 0.25) is 0 Å². The van der Waals surface area contributed by atoms with E-state index in [0.29, 0.717) is 18.7 Å². The van der Waals surface area contributed by atoms with Crippen LogP contribution in [0.4, 0.5) is 0 Å². The zero-order valence-corrected chi connectivity index (χ0v) is 18.7. The number of ether oxygens (including phenoxy) is 1. The fourth-order valence-electron chi connectivity index (χ4n) is 3.73. The molecule has 5 nitrogen and oxygen atoms in total. The Balaban J connectivity index is 1.23. The number of aromatic amines is 1. The van der Waals surface area contributed by atoms with Gasteiger partial charge < -0.3 is 15.0 Å². The minimum absolute atomic E-state index is 0.0504. The van der Waals surface area contributed by atoms with Gasteiger partial charge in [-0.05, 0) is 54.2 Å². The van der Waals surface area contributed by atoms with Gasteiger partial charge in [0, 0.05) is 30.4 Å². The van der Waals surface area contributed by atoms with E-state index < -0.39 is 0 Å². The topological polar surface area (TPSA) is 67.0 Å². The second-order valence-corrected chi connectivity index (χ2v) is 8.02. The van der Waals surface area contributed by atoms with E-state index in [-0.39, 0.29) is 5.91 Å². The van der Waals surface area contributed by atoms with Gasteiger partial charge in [-0.15, -0.1) is 0 Å². The summed E-state index contributed by atoms with van der Waals surface area (Å²) in [6.07, 6.45) is 7.07. The molecule has 2 N–H and O–H groups in total. The molecule has 1 amide bonds. The fourth-order valence-corrected chi connectivity index (χ4v) is 3.73. The van der Waals surface area contributed by atoms with Gasteiger partial charge in [0.05, 0.1) is 6.33 Å². The van der Waals surface area contributed by atoms with E-state index in [0.717, 1.165) is 42.7 Å². The fraction of sp³-hybridized carbons (Fsp3) is 0.214. The van der Waals surface area contributed by atoms with Crippen LogP contribution in [0.1, 0.15) is 39.2 Å². The van der Waals surface area contributed by atoms with Gasteiger partial charge in [0.25, 0.3) is 5.91 Å². The maximum atomic E-state index is 12.3. The second kappa shape index (κ2) is 11.7. The standard InChI is InChI=1S/C28H29N3O2/c32-28(30-18-17-26-19-29-21-31-26)25-15-13-22(14-16-25)9-6-11-24-10-4-5-12-27(24)33-20-23-7-2-1-3-8-23/h1-5,7-8,10,12-16,19,21H,6,9,11,17-18,20H2,(H,29,31)(H,30,32). The Morgan fingerprint density at radius 1 is 0.848 bits per heavy atom. The number of benzene rings is 3. The number of hydrogen-bond acceptors (Lipinski definition) is 3. The molecule has 3 aromatic carbocycles. The molecule has 0 radical (unpaired) electrons. The van der Waals surface area contributed by atoms with Crippen LogP contribution in [0.25, 0.3) is 0 Å². The molecule has 4 aromatic rings. The highest BCUT2D eigenvalue weighted by Crippen LogP contribution is 2.22. The van der Waals surface area contributed by atoms with Crippen molar-refractivity contribution in [2.24, 2.45) is 0 Å². The van der Waals surface area contributed by atoms with E-state index in [9.17, 15) is 4.79 Å². The molecule has 0 saturated carbocycles. The van der Waals surface area contributed by atoms with E-state index in [1.807, 2.05) is 54.6 Å². The highest BCUT2D eigenvalue weighted by molar-refractivity contribution is 5.94. The van der Waals surface area contributed by atoms with Crippen LogP contribution in [-0.4, -0.2) is 22.4 Å². The number of nitrogens with zero attached hydrogens (tertiary/aromatic N) is 1. The number of aromatic nitrogens is 2. The Hall–Kier alpha value is -3.86. The zero-order valence-electron chi connectivity index (χ0n) is 18.7. The number of carbonyl (C=O) groups excluding carboxylic acids is 1. The van der Waals surface area contributed by atoms with E-state index in [1.165, 1.54) is 11.1 Å². The first-order chi connectivity index (χ1) is 16.3. The van der Waals surface area contributed by atoms with Crippen molar-refractivity contribution in [3.05, 3.63) is 119 Å². The maximum Gasteiger partial charge on any atom is 0.251 e. The minimum Gasteiger partial charge on any atom is -0.489 e. The average Bonchev–Trinajstić information content (AvgIpc) is 3.38. The molecule has 0 bridgehead atoms. The molecule has 4 rings (SSSR count). The molecule has 0 aliphatic heterocycles. The third kappa shape index (κ3) is 6.81. The molecule has 5 heteroatoms. The van der Waals surface area contributed by atoms with Crippen LogP contribution in [0.5, 0.6) is 5.75 Å². The summed E-state index contributed by atoms with van der Waals surface area (Å²) in [5.74, 6) is 0.897. The third-order valence-corrected chi connectivity index (χ3v) is 5.57. The Kier molecular flexibility index (Phi) is 7.90. The summed E-state index contributed by atoms with van der Waals surface area (Å²) >= 11 is 0. The Labute approximate surface area is 194 Å². The number of imidazole rings is 1. The number of carbonyl (C=O) groups is 1. The number of para-hydroxylation sites is 1. The van der Waals surface area contributed by atoms with Crippen molar-refractivity contribution in [3.63, 3.8) is 0 Å². The summed E-state index contributed by atoms with van der Waals surface area (Å²) in [4.78, 5) is 19.4. The monoisotopic (exact) mass is 439 g/mol. The van der Waals surface area contributed by atoms with E-state index >= 15 is 0 Å². The summed E-state index contributed by atoms with van der Waals surface area (Å²) in [5.41, 5.74) is 5.31. The van der Waals surface area contributed by atoms with Gasteiger partial charge in [0.2, 0.25) is 0 Å². The summed E-state index contributed by atoms with van der Waals surface area (Å²) in [7, 11) is 0. The number of aryl methyl sites for hydroxylation is 2. The third-order valence-electron chi connectivity index (χ3n) is 5.57. The van der Waals surface area contributed by atoms with Crippen molar-refractivity contribution >= 4 is 5.91 Å². The molecular weight excluding hydrogens is 410 g/mol. The lowest BCUT2D eigenvalue weighted by Gasteiger charge is -2.12. The molecule has 0 saturated heterocycles. The van der Waals surface area contributed by atoms with Crippen molar-refractivity contribution in [3.8, 4) is 5.75 Å². The lowest BCUT2D eigenvalue weighted by atomic mass is 10.0. The molecule has 0 atom stereocenters. The van der Waals surface area contributed by atoms with E-state index in [2.05, 4.69) is 39.6 Å². The molecule has 168 valence electrons. The normalized spacial score (nSPS) is 10.7. The van der Waals surface area contributed by atoms with Gasteiger partial charge in [0.15, 0.2) is 0 Å². The second-order valence-electron chi connectivity index (χ2n) is 8.02. The summed E-state index contributed by atoms with van der Waals surface area (Å²) in [5, 5.41) is 2.95. The quantitative estimate of drug-likeness (QED) is 0.340. The average molecular weight is 440 g/mol. The van der Waals surface area contributed by atoms with Crippen LogP contribution >= 0.6 is 0 Å². The van der Waals surface area contributed by atoms with Crippen molar-refractivity contribution in [1.82, 2.24) is 15.3 Å². The lowest BCUT2D eigenvalue weighted by molar-refractivity contribution is 0.0954. The van der Waals surface area contributed by atoms with Gasteiger partial charge >= 0.3 is 0 Å². The highest BCUT2D eigenvalue weighted by Gasteiger charge is 2.07. The predicted molar refractivity (Wildman–Crippen MR) is 130 cm³/mol. The summed E-state index contributed by atoms with van der Waals surface area (Å²) < 4.78 is 6.07. The molecule has 1 heterocycles. The predicted octanol–water partition coefficient (Wildman–Crippen LogP) is 5.14. The molecule has 33 heavy (non-hydrogen) atoms. The first-order valence-corrected chi connectivity index (χ1v) is 11.4. The number of rotatable bonds is 11. The Morgan fingerprint density at radius 2 is 1.64 bits per heavy atom. The first kappa shape index (κ1) is 22.3. The molecule has 1 aromatic heterocycles. The lowest BCUT2D eigenvalue weighted by Crippen LogP contribution is -2.25. The summed E-state index contributed by atoms with van der Waals surface area (Å²) in [6.45, 7) is 1.15. The van der Waals surface area contributed by atoms with Gasteiger partial charge in [-0.2, -0.15) is 0 Å². The Bertz CT molecular complexity index is 1120. The maximum absolute atomic E-state index is 12.3. The number of H-pyrrole nitrogens is 1. The van der Waals surface area contributed by atoms with Crippen LogP contribution in [0.3, 0.4) is 0 Å². The highest BCUT2D eigenvalue weighted by atomic mass is 16.5. The smallest absolute Gasteiger partial charge is 0.251 e. The van der Waals surface area contributed by atoms with Crippen molar-refractivity contribution < 1.29 is 9.53 Å². The van der Waals surface area contributed by atoms with Gasteiger partial charge in [-0.1, -0.05) is 60.7 Å². The molecule has 0 aliphatic carbocycles. The summed E-state index contributed by atoms with van der Waals surface area (Å²) in [6, 6.07) is 26.4. The molecule has 0 fully saturated rings. The first-order valence-electron chi connectivity index (χ1n) is 11.4. The van der Waals surface area contributed by atoms with Crippen LogP contribution in [0.15, 0.2) is 91.4 Å². The van der Waals surface area contributed by atoms with Crippen molar-refractivity contribution in [2.45, 2.75) is 32.3 Å². The van der Waals surface area contributed by atoms with E-state index in [4.69, 9.17) is 4.74 Å². The SMILES string of the molecule is O=C(NCCc1cnc[nH]1)c1ccc(CCCc2ccccc2OCc2ccccc2)cc1. The molecule has 0 unspecified atom stereocenters. The Morgan fingerprint density at radius 3 is 2.42 bits per heavy atom. The van der Waals surface area contributed by atoms with Gasteiger partial charge in [-0.3, -0.25) is 4.79 Å². The molecule has 0 spiro atoms. The van der Waals surface area contributed by atoms with Gasteiger partial charge in [-0.25, -0.2) is 4.98 Å². The number of nitrogens with one attached hydrogen (secondary N) is 2. The molecule has 0 aliphatic rings. The minimum atomic E-state index is -0.0504. The van der Waals surface area contributed by atoms with Crippen LogP contribution in [0, 0.1) is 0 Å². The van der Waals surface area contributed by atoms with Crippen molar-refractivity contribution in [2.75, 3.05) is 6.54 Å².